The van der Waals surface area contributed by atoms with Gasteiger partial charge in [0, 0.05) is 35.3 Å². The summed E-state index contributed by atoms with van der Waals surface area (Å²) in [6, 6.07) is 14.1. The van der Waals surface area contributed by atoms with Crippen molar-refractivity contribution < 1.29 is 14.4 Å². The van der Waals surface area contributed by atoms with Crippen molar-refractivity contribution in [3.05, 3.63) is 59.1 Å². The zero-order valence-electron chi connectivity index (χ0n) is 14.4. The molecule has 2 amide bonds. The second-order valence-corrected chi connectivity index (χ2v) is 6.64. The van der Waals surface area contributed by atoms with Gasteiger partial charge in [-0.3, -0.25) is 9.59 Å². The molecule has 6 nitrogen and oxygen atoms in total. The van der Waals surface area contributed by atoms with Crippen molar-refractivity contribution in [1.82, 2.24) is 0 Å². The largest absolute Gasteiger partial charge is 0.379 e. The Bertz CT molecular complexity index is 880. The maximum atomic E-state index is 12.6. The van der Waals surface area contributed by atoms with Crippen molar-refractivity contribution >= 4 is 40.5 Å². The van der Waals surface area contributed by atoms with Crippen LogP contribution in [0.2, 0.25) is 5.02 Å². The fourth-order valence-electron chi connectivity index (χ4n) is 2.60. The lowest BCUT2D eigenvalue weighted by atomic mass is 9.95. The van der Waals surface area contributed by atoms with Crippen LogP contribution in [0, 0.1) is 0 Å². The van der Waals surface area contributed by atoms with Crippen LogP contribution < -0.4 is 10.6 Å². The van der Waals surface area contributed by atoms with E-state index in [-0.39, 0.29) is 11.8 Å². The summed E-state index contributed by atoms with van der Waals surface area (Å²) in [5.41, 5.74) is 1.52. The predicted octanol–water partition coefficient (Wildman–Crippen LogP) is 3.82. The van der Waals surface area contributed by atoms with Gasteiger partial charge in [-0.05, 0) is 37.3 Å². The number of carbonyl (C=O) groups excluding carboxylic acids is 2. The van der Waals surface area contributed by atoms with Gasteiger partial charge in [0.2, 0.25) is 11.5 Å². The predicted molar refractivity (Wildman–Crippen MR) is 101 cm³/mol. The van der Waals surface area contributed by atoms with E-state index in [9.17, 15) is 9.59 Å². The number of halogens is 1. The smallest absolute Gasteiger partial charge is 0.271 e. The molecule has 0 fully saturated rings. The number of nitrogens with one attached hydrogen (secondary N) is 2. The van der Waals surface area contributed by atoms with Crippen molar-refractivity contribution in [1.29, 1.82) is 0 Å². The van der Waals surface area contributed by atoms with E-state index >= 15 is 0 Å². The van der Waals surface area contributed by atoms with Gasteiger partial charge in [0.15, 0.2) is 0 Å². The van der Waals surface area contributed by atoms with Crippen LogP contribution in [0.25, 0.3) is 0 Å². The summed E-state index contributed by atoms with van der Waals surface area (Å²) < 4.78 is 0. The number of benzene rings is 2. The second-order valence-electron chi connectivity index (χ2n) is 6.23. The standard InChI is InChI=1S/C19H18ClN3O3/c1-12(24)21-13-7-9-14(10-8-13)22-18(25)19(2)11-17(23-26-19)15-5-3-4-6-16(15)20/h3-10H,11H2,1-2H3,(H,21,24)(H,22,25)/t19-/m1/s1. The van der Waals surface area contributed by atoms with E-state index in [2.05, 4.69) is 15.8 Å². The topological polar surface area (TPSA) is 79.8 Å². The third-order valence-electron chi connectivity index (χ3n) is 3.99. The second kappa shape index (κ2) is 7.17. The Balaban J connectivity index is 1.67. The van der Waals surface area contributed by atoms with E-state index in [0.717, 1.165) is 5.56 Å². The van der Waals surface area contributed by atoms with E-state index in [1.807, 2.05) is 18.2 Å². The summed E-state index contributed by atoms with van der Waals surface area (Å²) in [5.74, 6) is -0.464. The highest BCUT2D eigenvalue weighted by molar-refractivity contribution is 6.34. The van der Waals surface area contributed by atoms with Crippen LogP contribution in [-0.4, -0.2) is 23.1 Å². The Kier molecular flexibility index (Phi) is 4.95. The van der Waals surface area contributed by atoms with E-state index in [1.54, 1.807) is 37.3 Å². The molecule has 2 aromatic carbocycles. The minimum atomic E-state index is -1.12. The van der Waals surface area contributed by atoms with Crippen molar-refractivity contribution in [3.63, 3.8) is 0 Å². The van der Waals surface area contributed by atoms with Crippen molar-refractivity contribution in [2.75, 3.05) is 10.6 Å². The maximum Gasteiger partial charge on any atom is 0.271 e. The molecule has 1 aliphatic heterocycles. The van der Waals surface area contributed by atoms with Crippen LogP contribution in [0.4, 0.5) is 11.4 Å². The van der Waals surface area contributed by atoms with Crippen LogP contribution in [0.15, 0.2) is 53.7 Å². The average Bonchev–Trinajstić information content (AvgIpc) is 3.00. The maximum absolute atomic E-state index is 12.6. The number of oxime groups is 1. The summed E-state index contributed by atoms with van der Waals surface area (Å²) in [4.78, 5) is 29.1. The summed E-state index contributed by atoms with van der Waals surface area (Å²) in [6.45, 7) is 3.12. The number of nitrogens with zero attached hydrogens (tertiary/aromatic N) is 1. The summed E-state index contributed by atoms with van der Waals surface area (Å²) in [5, 5.41) is 10.1. The summed E-state index contributed by atoms with van der Waals surface area (Å²) >= 11 is 6.19. The third kappa shape index (κ3) is 3.86. The van der Waals surface area contributed by atoms with Gasteiger partial charge < -0.3 is 15.5 Å². The van der Waals surface area contributed by atoms with Crippen LogP contribution in [0.3, 0.4) is 0 Å². The van der Waals surface area contributed by atoms with Crippen LogP contribution in [0.5, 0.6) is 0 Å². The molecule has 0 spiro atoms. The Morgan fingerprint density at radius 2 is 1.69 bits per heavy atom. The summed E-state index contributed by atoms with van der Waals surface area (Å²) in [6.07, 6.45) is 0.312. The lowest BCUT2D eigenvalue weighted by Gasteiger charge is -2.20. The van der Waals surface area contributed by atoms with E-state index in [1.165, 1.54) is 6.92 Å². The molecule has 0 bridgehead atoms. The molecule has 1 heterocycles. The molecule has 0 saturated heterocycles. The Labute approximate surface area is 156 Å². The Morgan fingerprint density at radius 3 is 2.31 bits per heavy atom. The SMILES string of the molecule is CC(=O)Nc1ccc(NC(=O)[C@@]2(C)CC(c3ccccc3Cl)=NO2)cc1. The Hall–Kier alpha value is -2.86. The van der Waals surface area contributed by atoms with Crippen molar-refractivity contribution in [3.8, 4) is 0 Å². The molecule has 2 N–H and O–H groups in total. The first kappa shape index (κ1) is 17.9. The monoisotopic (exact) mass is 371 g/mol. The molecule has 7 heteroatoms. The average molecular weight is 372 g/mol. The van der Waals surface area contributed by atoms with Crippen LogP contribution >= 0.6 is 11.6 Å². The first-order valence-electron chi connectivity index (χ1n) is 8.06. The minimum Gasteiger partial charge on any atom is -0.379 e. The lowest BCUT2D eigenvalue weighted by Crippen LogP contribution is -2.40. The van der Waals surface area contributed by atoms with Crippen molar-refractivity contribution in [2.24, 2.45) is 5.16 Å². The molecule has 0 saturated carbocycles. The molecule has 0 aromatic heterocycles. The number of rotatable bonds is 4. The highest BCUT2D eigenvalue weighted by Gasteiger charge is 2.42. The first-order valence-corrected chi connectivity index (χ1v) is 8.44. The molecule has 1 atom stereocenters. The van der Waals surface area contributed by atoms with Gasteiger partial charge in [-0.15, -0.1) is 0 Å². The Morgan fingerprint density at radius 1 is 1.08 bits per heavy atom. The fraction of sp³-hybridized carbons (Fsp3) is 0.211. The molecule has 3 rings (SSSR count). The van der Waals surface area contributed by atoms with E-state index in [4.69, 9.17) is 16.4 Å². The van der Waals surface area contributed by atoms with Gasteiger partial charge in [-0.1, -0.05) is 35.0 Å². The van der Waals surface area contributed by atoms with Crippen molar-refractivity contribution in [2.45, 2.75) is 25.9 Å². The van der Waals surface area contributed by atoms with Gasteiger partial charge in [-0.2, -0.15) is 0 Å². The van der Waals surface area contributed by atoms with Crippen LogP contribution in [-0.2, 0) is 14.4 Å². The first-order chi connectivity index (χ1) is 12.4. The van der Waals surface area contributed by atoms with Crippen LogP contribution in [0.1, 0.15) is 25.8 Å². The molecule has 0 aliphatic carbocycles. The molecule has 134 valence electrons. The number of amides is 2. The molecule has 0 radical (unpaired) electrons. The molecule has 2 aromatic rings. The quantitative estimate of drug-likeness (QED) is 0.857. The van der Waals surface area contributed by atoms with Gasteiger partial charge in [-0.25, -0.2) is 0 Å². The highest BCUT2D eigenvalue weighted by atomic mass is 35.5. The zero-order valence-corrected chi connectivity index (χ0v) is 15.1. The minimum absolute atomic E-state index is 0.155. The summed E-state index contributed by atoms with van der Waals surface area (Å²) in [7, 11) is 0. The van der Waals surface area contributed by atoms with E-state index in [0.29, 0.717) is 28.5 Å². The van der Waals surface area contributed by atoms with Gasteiger partial charge >= 0.3 is 0 Å². The van der Waals surface area contributed by atoms with Gasteiger partial charge in [0.25, 0.3) is 5.91 Å². The number of carbonyl (C=O) groups is 2. The lowest BCUT2D eigenvalue weighted by molar-refractivity contribution is -0.135. The molecule has 26 heavy (non-hydrogen) atoms. The molecular weight excluding hydrogens is 354 g/mol. The number of anilines is 2. The third-order valence-corrected chi connectivity index (χ3v) is 4.32. The normalized spacial score (nSPS) is 18.7. The fourth-order valence-corrected chi connectivity index (χ4v) is 2.85. The molecule has 0 unspecified atom stereocenters. The van der Waals surface area contributed by atoms with Gasteiger partial charge in [0.05, 0.1) is 5.71 Å². The number of hydrogen-bond donors (Lipinski definition) is 2. The van der Waals surface area contributed by atoms with E-state index < -0.39 is 5.60 Å². The molecular formula is C19H18ClN3O3. The molecule has 1 aliphatic rings. The highest BCUT2D eigenvalue weighted by Crippen LogP contribution is 2.30. The number of hydrogen-bond acceptors (Lipinski definition) is 4. The zero-order chi connectivity index (χ0) is 18.7. The van der Waals surface area contributed by atoms with Gasteiger partial charge in [0.1, 0.15) is 0 Å².